The molecule has 0 bridgehead atoms. The van der Waals surface area contributed by atoms with E-state index in [2.05, 4.69) is 5.32 Å². The van der Waals surface area contributed by atoms with Gasteiger partial charge in [-0.1, -0.05) is 0 Å². The summed E-state index contributed by atoms with van der Waals surface area (Å²) in [5.41, 5.74) is -0.574. The van der Waals surface area contributed by atoms with E-state index in [9.17, 15) is 9.36 Å². The van der Waals surface area contributed by atoms with E-state index in [1.54, 1.807) is 20.8 Å². The number of hydrogen-bond donors (Lipinski definition) is 2. The van der Waals surface area contributed by atoms with Crippen LogP contribution in [0.3, 0.4) is 0 Å². The van der Waals surface area contributed by atoms with Gasteiger partial charge in [-0.15, -0.1) is 0 Å². The Bertz CT molecular complexity index is 186. The van der Waals surface area contributed by atoms with Crippen LogP contribution in [0.1, 0.15) is 20.8 Å². The van der Waals surface area contributed by atoms with Crippen molar-refractivity contribution in [2.45, 2.75) is 26.4 Å². The fourth-order valence-electron chi connectivity index (χ4n) is 0.462. The Morgan fingerprint density at radius 2 is 2.08 bits per heavy atom. The van der Waals surface area contributed by atoms with E-state index >= 15 is 0 Å². The third-order valence-corrected chi connectivity index (χ3v) is 1.26. The molecule has 0 rings (SSSR count). The highest BCUT2D eigenvalue weighted by Gasteiger charge is 2.15. The van der Waals surface area contributed by atoms with Crippen LogP contribution in [0.25, 0.3) is 0 Å². The van der Waals surface area contributed by atoms with Gasteiger partial charge in [0.25, 0.3) is 0 Å². The lowest BCUT2D eigenvalue weighted by atomic mass is 10.2. The van der Waals surface area contributed by atoms with Gasteiger partial charge >= 0.3 is 6.09 Å². The number of hydrogen-bond acceptors (Lipinski definition) is 3. The summed E-state index contributed by atoms with van der Waals surface area (Å²) in [6.07, 6.45) is -0.908. The van der Waals surface area contributed by atoms with Gasteiger partial charge in [0, 0.05) is 0 Å². The molecule has 0 heterocycles. The first-order valence-electron chi connectivity index (χ1n) is 3.50. The Morgan fingerprint density at radius 1 is 1.58 bits per heavy atom. The number of ether oxygens (including phenoxy) is 1. The number of amides is 1. The summed E-state index contributed by atoms with van der Waals surface area (Å²) in [7, 11) is -2.65. The molecule has 0 radical (unpaired) electrons. The summed E-state index contributed by atoms with van der Waals surface area (Å²) in [6, 6.07) is 0. The van der Waals surface area contributed by atoms with Crippen molar-refractivity contribution in [3.63, 3.8) is 0 Å². The molecule has 5 nitrogen and oxygen atoms in total. The lowest BCUT2D eigenvalue weighted by Gasteiger charge is -2.19. The monoisotopic (exact) mass is 195 g/mol. The molecule has 0 saturated carbocycles. The minimum absolute atomic E-state index is 0.237. The molecule has 0 fully saturated rings. The van der Waals surface area contributed by atoms with Crippen molar-refractivity contribution in [2.75, 3.05) is 6.29 Å². The van der Waals surface area contributed by atoms with E-state index in [1.165, 1.54) is 0 Å². The maximum absolute atomic E-state index is 10.8. The molecule has 0 aromatic heterocycles. The molecule has 72 valence electrons. The maximum atomic E-state index is 10.8. The molecule has 2 N–H and O–H groups in total. The lowest BCUT2D eigenvalue weighted by molar-refractivity contribution is 0.0536. The molecule has 0 aromatic rings. The van der Waals surface area contributed by atoms with Crippen LogP contribution in [0.4, 0.5) is 4.79 Å². The zero-order valence-electron chi connectivity index (χ0n) is 7.38. The molecule has 0 aliphatic rings. The molecule has 1 unspecified atom stereocenters. The Balaban J connectivity index is 3.68. The zero-order valence-corrected chi connectivity index (χ0v) is 8.38. The molecule has 1 atom stereocenters. The standard InChI is InChI=1S/C6H14NO4P/c1-6(2,3)11-5(8)7-4-12(9)10/h12H,4H2,1-3H3,(H,7,8)(H,9,10). The van der Waals surface area contributed by atoms with E-state index in [4.69, 9.17) is 9.63 Å². The van der Waals surface area contributed by atoms with Crippen molar-refractivity contribution in [3.8, 4) is 0 Å². The molecule has 0 aromatic carbocycles. The van der Waals surface area contributed by atoms with Gasteiger partial charge in [-0.05, 0) is 20.8 Å². The molecule has 0 saturated heterocycles. The van der Waals surface area contributed by atoms with Crippen LogP contribution in [0.2, 0.25) is 0 Å². The molecule has 1 amide bonds. The number of carbonyl (C=O) groups is 1. The fourth-order valence-corrected chi connectivity index (χ4v) is 0.758. The normalized spacial score (nSPS) is 13.7. The fraction of sp³-hybridized carbons (Fsp3) is 0.833. The molecule has 0 spiro atoms. The molecule has 6 heteroatoms. The Labute approximate surface area is 72.0 Å². The van der Waals surface area contributed by atoms with E-state index in [-0.39, 0.29) is 6.29 Å². The van der Waals surface area contributed by atoms with Gasteiger partial charge in [0.2, 0.25) is 8.03 Å². The van der Waals surface area contributed by atoms with Crippen molar-refractivity contribution in [1.82, 2.24) is 5.32 Å². The first kappa shape index (κ1) is 11.5. The van der Waals surface area contributed by atoms with Gasteiger partial charge in [-0.3, -0.25) is 4.57 Å². The van der Waals surface area contributed by atoms with Gasteiger partial charge in [0.05, 0.1) is 6.29 Å². The summed E-state index contributed by atoms with van der Waals surface area (Å²) in [4.78, 5) is 19.2. The first-order chi connectivity index (χ1) is 5.31. The second-order valence-electron chi connectivity index (χ2n) is 3.25. The number of alkyl carbamates (subject to hydrolysis) is 1. The van der Waals surface area contributed by atoms with Crippen LogP contribution in [-0.2, 0) is 9.30 Å². The van der Waals surface area contributed by atoms with Gasteiger partial charge in [0.15, 0.2) is 0 Å². The van der Waals surface area contributed by atoms with Crippen LogP contribution >= 0.6 is 8.03 Å². The number of nitrogens with one attached hydrogen (secondary N) is 1. The largest absolute Gasteiger partial charge is 0.444 e. The molecule has 0 aliphatic carbocycles. The van der Waals surface area contributed by atoms with Gasteiger partial charge in [-0.25, -0.2) is 4.79 Å². The van der Waals surface area contributed by atoms with E-state index in [0.717, 1.165) is 0 Å². The van der Waals surface area contributed by atoms with Crippen LogP contribution in [0.15, 0.2) is 0 Å². The number of carbonyl (C=O) groups excluding carboxylic acids is 1. The second kappa shape index (κ2) is 4.48. The lowest BCUT2D eigenvalue weighted by Crippen LogP contribution is -2.32. The third kappa shape index (κ3) is 7.57. The second-order valence-corrected chi connectivity index (χ2v) is 4.39. The highest BCUT2D eigenvalue weighted by atomic mass is 31.1. The van der Waals surface area contributed by atoms with E-state index in [1.807, 2.05) is 0 Å². The Morgan fingerprint density at radius 3 is 2.42 bits per heavy atom. The summed E-state index contributed by atoms with van der Waals surface area (Å²) >= 11 is 0. The van der Waals surface area contributed by atoms with Gasteiger partial charge < -0.3 is 14.9 Å². The summed E-state index contributed by atoms with van der Waals surface area (Å²) in [5.74, 6) is 0. The smallest absolute Gasteiger partial charge is 0.408 e. The molecular formula is C6H14NO4P. The number of rotatable bonds is 2. The van der Waals surface area contributed by atoms with Gasteiger partial charge in [0.1, 0.15) is 5.60 Å². The van der Waals surface area contributed by atoms with Crippen LogP contribution in [0.5, 0.6) is 0 Å². The highest BCUT2D eigenvalue weighted by Crippen LogP contribution is 2.10. The Kier molecular flexibility index (Phi) is 4.28. The van der Waals surface area contributed by atoms with Crippen molar-refractivity contribution in [3.05, 3.63) is 0 Å². The van der Waals surface area contributed by atoms with Crippen LogP contribution in [-0.4, -0.2) is 22.9 Å². The minimum atomic E-state index is -2.65. The summed E-state index contributed by atoms with van der Waals surface area (Å²) < 4.78 is 15.0. The first-order valence-corrected chi connectivity index (χ1v) is 5.06. The maximum Gasteiger partial charge on any atom is 0.408 e. The average Bonchev–Trinajstić information content (AvgIpc) is 1.79. The average molecular weight is 195 g/mol. The van der Waals surface area contributed by atoms with Crippen molar-refractivity contribution in [2.24, 2.45) is 0 Å². The zero-order chi connectivity index (χ0) is 9.78. The van der Waals surface area contributed by atoms with Crippen molar-refractivity contribution >= 4 is 14.1 Å². The quantitative estimate of drug-likeness (QED) is 0.643. The van der Waals surface area contributed by atoms with Crippen LogP contribution < -0.4 is 5.32 Å². The minimum Gasteiger partial charge on any atom is -0.444 e. The predicted octanol–water partition coefficient (Wildman–Crippen LogP) is 0.936. The Hall–Kier alpha value is -0.540. The summed E-state index contributed by atoms with van der Waals surface area (Å²) in [5, 5.41) is 2.16. The van der Waals surface area contributed by atoms with E-state index in [0.29, 0.717) is 0 Å². The molecule has 12 heavy (non-hydrogen) atoms. The summed E-state index contributed by atoms with van der Waals surface area (Å²) in [6.45, 7) is 5.15. The third-order valence-electron chi connectivity index (χ3n) is 0.783. The van der Waals surface area contributed by atoms with Crippen LogP contribution in [0, 0.1) is 0 Å². The van der Waals surface area contributed by atoms with Gasteiger partial charge in [-0.2, -0.15) is 0 Å². The SMILES string of the molecule is CC(C)(C)OC(=O)NC[PH](=O)O. The molecule has 0 aliphatic heterocycles. The molecular weight excluding hydrogens is 181 g/mol. The van der Waals surface area contributed by atoms with E-state index < -0.39 is 19.7 Å². The van der Waals surface area contributed by atoms with Crippen molar-refractivity contribution in [1.29, 1.82) is 0 Å². The highest BCUT2D eigenvalue weighted by molar-refractivity contribution is 7.37. The van der Waals surface area contributed by atoms with Crippen molar-refractivity contribution < 1.29 is 19.0 Å². The topological polar surface area (TPSA) is 75.6 Å². The predicted molar refractivity (Wildman–Crippen MR) is 45.5 cm³/mol.